The van der Waals surface area contributed by atoms with Crippen molar-refractivity contribution in [1.29, 1.82) is 0 Å². The summed E-state index contributed by atoms with van der Waals surface area (Å²) in [6.07, 6.45) is 2.01. The van der Waals surface area contributed by atoms with Crippen LogP contribution in [0.4, 0.5) is 0 Å². The molecule has 0 amide bonds. The second-order valence-electron chi connectivity index (χ2n) is 2.94. The summed E-state index contributed by atoms with van der Waals surface area (Å²) < 4.78 is 11.0. The summed E-state index contributed by atoms with van der Waals surface area (Å²) in [7, 11) is 1.39. The van der Waals surface area contributed by atoms with Gasteiger partial charge in [-0.15, -0.1) is 0 Å². The van der Waals surface area contributed by atoms with Crippen molar-refractivity contribution < 1.29 is 14.3 Å². The SMILES string of the molecule is COC(=O)C1=C(Br)[C@H]2CCC1O2. The van der Waals surface area contributed by atoms with E-state index in [0.29, 0.717) is 5.57 Å². The van der Waals surface area contributed by atoms with Gasteiger partial charge in [0.15, 0.2) is 0 Å². The lowest BCUT2D eigenvalue weighted by molar-refractivity contribution is -0.137. The minimum absolute atomic E-state index is 0.0307. The molecule has 2 aliphatic heterocycles. The van der Waals surface area contributed by atoms with Crippen molar-refractivity contribution in [3.63, 3.8) is 0 Å². The Labute approximate surface area is 78.8 Å². The zero-order chi connectivity index (χ0) is 8.72. The van der Waals surface area contributed by atoms with Crippen LogP contribution >= 0.6 is 15.9 Å². The van der Waals surface area contributed by atoms with E-state index >= 15 is 0 Å². The zero-order valence-electron chi connectivity index (χ0n) is 6.67. The van der Waals surface area contributed by atoms with Gasteiger partial charge in [-0.25, -0.2) is 4.79 Å². The number of halogens is 1. The summed E-state index contributed by atoms with van der Waals surface area (Å²) >= 11 is 3.36. The second-order valence-corrected chi connectivity index (χ2v) is 3.80. The van der Waals surface area contributed by atoms with E-state index in [1.54, 1.807) is 0 Å². The van der Waals surface area contributed by atoms with Crippen molar-refractivity contribution in [1.82, 2.24) is 0 Å². The lowest BCUT2D eigenvalue weighted by atomic mass is 10.00. The summed E-state index contributed by atoms with van der Waals surface area (Å²) in [5.41, 5.74) is 0.675. The minimum Gasteiger partial charge on any atom is -0.466 e. The van der Waals surface area contributed by atoms with Gasteiger partial charge in [0.25, 0.3) is 0 Å². The molecule has 4 heteroatoms. The van der Waals surface area contributed by atoms with E-state index in [2.05, 4.69) is 20.7 Å². The first kappa shape index (κ1) is 8.26. The van der Waals surface area contributed by atoms with Gasteiger partial charge in [-0.3, -0.25) is 0 Å². The Morgan fingerprint density at radius 1 is 1.58 bits per heavy atom. The first-order valence-corrected chi connectivity index (χ1v) is 4.66. The van der Waals surface area contributed by atoms with Crippen molar-refractivity contribution in [3.05, 3.63) is 10.1 Å². The highest BCUT2D eigenvalue weighted by Crippen LogP contribution is 2.42. The van der Waals surface area contributed by atoms with Crippen LogP contribution in [0.5, 0.6) is 0 Å². The molecule has 2 bridgehead atoms. The molecule has 66 valence electrons. The Morgan fingerprint density at radius 3 is 2.75 bits per heavy atom. The summed E-state index contributed by atoms with van der Waals surface area (Å²) in [5.74, 6) is -0.269. The number of fused-ring (bicyclic) bond motifs is 2. The van der Waals surface area contributed by atoms with Crippen LogP contribution < -0.4 is 0 Å². The molecule has 1 unspecified atom stereocenters. The van der Waals surface area contributed by atoms with Gasteiger partial charge in [0.1, 0.15) is 0 Å². The highest BCUT2D eigenvalue weighted by molar-refractivity contribution is 9.11. The van der Waals surface area contributed by atoms with E-state index in [1.807, 2.05) is 0 Å². The van der Waals surface area contributed by atoms with E-state index in [1.165, 1.54) is 7.11 Å². The maximum absolute atomic E-state index is 11.2. The molecule has 0 aromatic rings. The maximum Gasteiger partial charge on any atom is 0.337 e. The third kappa shape index (κ3) is 1.02. The van der Waals surface area contributed by atoms with Gasteiger partial charge >= 0.3 is 5.97 Å². The summed E-state index contributed by atoms with van der Waals surface area (Å²) in [5, 5.41) is 0. The van der Waals surface area contributed by atoms with Gasteiger partial charge in [0.05, 0.1) is 24.9 Å². The highest BCUT2D eigenvalue weighted by Gasteiger charge is 2.42. The molecule has 0 aliphatic carbocycles. The van der Waals surface area contributed by atoms with Gasteiger partial charge in [0, 0.05) is 4.48 Å². The van der Waals surface area contributed by atoms with Gasteiger partial charge in [0.2, 0.25) is 0 Å². The van der Waals surface area contributed by atoms with Crippen LogP contribution in [0.25, 0.3) is 0 Å². The van der Waals surface area contributed by atoms with Gasteiger partial charge in [-0.2, -0.15) is 0 Å². The molecule has 0 radical (unpaired) electrons. The van der Waals surface area contributed by atoms with E-state index in [0.717, 1.165) is 17.3 Å². The van der Waals surface area contributed by atoms with Crippen molar-refractivity contribution in [2.75, 3.05) is 7.11 Å². The number of carbonyl (C=O) groups excluding carboxylic acids is 1. The first-order valence-electron chi connectivity index (χ1n) is 3.87. The van der Waals surface area contributed by atoms with Gasteiger partial charge < -0.3 is 9.47 Å². The van der Waals surface area contributed by atoms with Crippen molar-refractivity contribution in [2.24, 2.45) is 0 Å². The van der Waals surface area contributed by atoms with Crippen LogP contribution in [0, 0.1) is 0 Å². The van der Waals surface area contributed by atoms with Crippen molar-refractivity contribution >= 4 is 21.9 Å². The molecular weight excluding hydrogens is 224 g/mol. The number of esters is 1. The Morgan fingerprint density at radius 2 is 2.25 bits per heavy atom. The van der Waals surface area contributed by atoms with Crippen LogP contribution in [0.15, 0.2) is 10.1 Å². The Bertz CT molecular complexity index is 259. The van der Waals surface area contributed by atoms with Crippen molar-refractivity contribution in [2.45, 2.75) is 25.0 Å². The summed E-state index contributed by atoms with van der Waals surface area (Å²) in [4.78, 5) is 11.2. The maximum atomic E-state index is 11.2. The molecule has 0 aromatic heterocycles. The number of ether oxygens (including phenoxy) is 2. The minimum atomic E-state index is -0.269. The first-order chi connectivity index (χ1) is 5.74. The molecule has 2 heterocycles. The average molecular weight is 233 g/mol. The van der Waals surface area contributed by atoms with E-state index in [-0.39, 0.29) is 18.2 Å². The predicted octanol–water partition coefficient (Wildman–Crippen LogP) is 1.37. The molecule has 3 nitrogen and oxygen atoms in total. The summed E-state index contributed by atoms with van der Waals surface area (Å²) in [6.45, 7) is 0. The lowest BCUT2D eigenvalue weighted by Gasteiger charge is -2.09. The number of hydrogen-bond donors (Lipinski definition) is 0. The average Bonchev–Trinajstić information content (AvgIpc) is 2.63. The standard InChI is InChI=1S/C8H9BrO3/c1-11-8(10)6-4-2-3-5(12-4)7(6)9/h4-5H,2-3H2,1H3/t4?,5-/m1/s1. The molecule has 12 heavy (non-hydrogen) atoms. The Hall–Kier alpha value is -0.350. The fourth-order valence-corrected chi connectivity index (χ4v) is 2.46. The molecule has 0 saturated carbocycles. The number of methoxy groups -OCH3 is 1. The highest BCUT2D eigenvalue weighted by atomic mass is 79.9. The predicted molar refractivity (Wildman–Crippen MR) is 45.9 cm³/mol. The monoisotopic (exact) mass is 232 g/mol. The van der Waals surface area contributed by atoms with Crippen LogP contribution in [0.2, 0.25) is 0 Å². The van der Waals surface area contributed by atoms with Crippen LogP contribution in [0.3, 0.4) is 0 Å². The fourth-order valence-electron chi connectivity index (χ4n) is 1.70. The number of carbonyl (C=O) groups is 1. The number of hydrogen-bond acceptors (Lipinski definition) is 3. The van der Waals surface area contributed by atoms with Gasteiger partial charge in [-0.1, -0.05) is 15.9 Å². The third-order valence-electron chi connectivity index (χ3n) is 2.29. The third-order valence-corrected chi connectivity index (χ3v) is 3.22. The molecule has 2 atom stereocenters. The van der Waals surface area contributed by atoms with Crippen LogP contribution in [-0.2, 0) is 14.3 Å². The Kier molecular flexibility index (Phi) is 1.96. The smallest absolute Gasteiger partial charge is 0.337 e. The Balaban J connectivity index is 2.29. The topological polar surface area (TPSA) is 35.5 Å². The molecule has 0 N–H and O–H groups in total. The molecule has 0 spiro atoms. The zero-order valence-corrected chi connectivity index (χ0v) is 8.26. The van der Waals surface area contributed by atoms with E-state index in [9.17, 15) is 4.79 Å². The molecule has 1 saturated heterocycles. The second kappa shape index (κ2) is 2.85. The molecule has 2 rings (SSSR count). The van der Waals surface area contributed by atoms with Crippen LogP contribution in [0.1, 0.15) is 12.8 Å². The largest absolute Gasteiger partial charge is 0.466 e. The lowest BCUT2D eigenvalue weighted by Crippen LogP contribution is -2.16. The quantitative estimate of drug-likeness (QED) is 0.641. The van der Waals surface area contributed by atoms with E-state index in [4.69, 9.17) is 4.74 Å². The molecule has 2 aliphatic rings. The fraction of sp³-hybridized carbons (Fsp3) is 0.625. The van der Waals surface area contributed by atoms with Crippen molar-refractivity contribution in [3.8, 4) is 0 Å². The normalized spacial score (nSPS) is 32.8. The summed E-state index contributed by atoms with van der Waals surface area (Å²) in [6, 6.07) is 0. The van der Waals surface area contributed by atoms with Gasteiger partial charge in [-0.05, 0) is 12.8 Å². The molecular formula is C8H9BrO3. The molecule has 0 aromatic carbocycles. The molecule has 1 fully saturated rings. The van der Waals surface area contributed by atoms with Crippen LogP contribution in [-0.4, -0.2) is 25.3 Å². The van der Waals surface area contributed by atoms with E-state index < -0.39 is 0 Å². The number of rotatable bonds is 1.